The van der Waals surface area contributed by atoms with E-state index in [-0.39, 0.29) is 11.7 Å². The summed E-state index contributed by atoms with van der Waals surface area (Å²) in [5, 5.41) is 2.90. The number of H-pyrrole nitrogens is 1. The Labute approximate surface area is 178 Å². The number of aromatic nitrogens is 2. The van der Waals surface area contributed by atoms with Crippen molar-refractivity contribution in [2.24, 2.45) is 0 Å². The quantitative estimate of drug-likeness (QED) is 0.644. The second kappa shape index (κ2) is 8.58. The number of likely N-dealkylation sites (N-methyl/N-ethyl adjacent to an activating group) is 1. The molecule has 1 saturated heterocycles. The summed E-state index contributed by atoms with van der Waals surface area (Å²) in [5.74, 6) is -1.18. The van der Waals surface area contributed by atoms with E-state index in [0.29, 0.717) is 22.2 Å². The number of carbonyl (C=O) groups is 1. The molecule has 3 aromatic rings. The van der Waals surface area contributed by atoms with E-state index >= 15 is 0 Å². The Bertz CT molecular complexity index is 1090. The van der Waals surface area contributed by atoms with E-state index in [1.807, 2.05) is 0 Å². The highest BCUT2D eigenvalue weighted by Gasteiger charge is 2.22. The van der Waals surface area contributed by atoms with Crippen LogP contribution in [-0.4, -0.2) is 54.0 Å². The molecule has 0 saturated carbocycles. The summed E-state index contributed by atoms with van der Waals surface area (Å²) in [4.78, 5) is 23.6. The van der Waals surface area contributed by atoms with Crippen LogP contribution >= 0.6 is 0 Å². The van der Waals surface area contributed by atoms with Crippen LogP contribution in [0.1, 0.15) is 41.1 Å². The van der Waals surface area contributed by atoms with E-state index < -0.39 is 18.3 Å². The maximum absolute atomic E-state index is 14.0. The topological polar surface area (TPSA) is 64.3 Å². The van der Waals surface area contributed by atoms with Crippen LogP contribution in [0.4, 0.5) is 18.9 Å². The summed E-state index contributed by atoms with van der Waals surface area (Å²) >= 11 is 0. The van der Waals surface area contributed by atoms with Crippen molar-refractivity contribution in [3.05, 3.63) is 59.2 Å². The smallest absolute Gasteiger partial charge is 0.295 e. The zero-order chi connectivity index (χ0) is 22.1. The van der Waals surface area contributed by atoms with Gasteiger partial charge in [-0.2, -0.15) is 0 Å². The van der Waals surface area contributed by atoms with Gasteiger partial charge in [0.2, 0.25) is 0 Å². The molecule has 0 radical (unpaired) electrons. The number of nitrogens with zero attached hydrogens (tertiary/aromatic N) is 3. The third-order valence-corrected chi connectivity index (χ3v) is 5.62. The summed E-state index contributed by atoms with van der Waals surface area (Å²) in [6, 6.07) is 8.73. The highest BCUT2D eigenvalue weighted by molar-refractivity contribution is 5.97. The number of benzene rings is 2. The lowest BCUT2D eigenvalue weighted by molar-refractivity contribution is 0.0940. The summed E-state index contributed by atoms with van der Waals surface area (Å²) in [6.45, 7) is 5.25. The lowest BCUT2D eigenvalue weighted by Crippen LogP contribution is -2.45. The van der Waals surface area contributed by atoms with Gasteiger partial charge in [-0.1, -0.05) is 0 Å². The van der Waals surface area contributed by atoms with Crippen LogP contribution in [0.2, 0.25) is 0 Å². The number of carbonyl (C=O) groups excluding carboxylic acids is 1. The number of hydrogen-bond donors (Lipinski definition) is 2. The molecular formula is C22H24F3N5O. The van der Waals surface area contributed by atoms with Crippen LogP contribution in [0.3, 0.4) is 0 Å². The molecule has 0 spiro atoms. The predicted molar refractivity (Wildman–Crippen MR) is 113 cm³/mol. The number of halogens is 3. The second-order valence-electron chi connectivity index (χ2n) is 7.84. The van der Waals surface area contributed by atoms with Crippen molar-refractivity contribution in [1.29, 1.82) is 0 Å². The Morgan fingerprint density at radius 1 is 1.13 bits per heavy atom. The summed E-state index contributed by atoms with van der Waals surface area (Å²) < 4.78 is 39.7. The molecule has 31 heavy (non-hydrogen) atoms. The van der Waals surface area contributed by atoms with E-state index in [0.717, 1.165) is 31.9 Å². The predicted octanol–water partition coefficient (Wildman–Crippen LogP) is 3.88. The number of piperazine rings is 1. The minimum Gasteiger partial charge on any atom is -0.369 e. The zero-order valence-corrected chi connectivity index (χ0v) is 17.3. The average molecular weight is 431 g/mol. The molecule has 2 heterocycles. The zero-order valence-electron chi connectivity index (χ0n) is 17.3. The molecule has 164 valence electrons. The molecule has 0 bridgehead atoms. The van der Waals surface area contributed by atoms with Crippen molar-refractivity contribution in [3.63, 3.8) is 0 Å². The van der Waals surface area contributed by atoms with Gasteiger partial charge in [-0.15, -0.1) is 0 Å². The Morgan fingerprint density at radius 3 is 2.58 bits per heavy atom. The first-order chi connectivity index (χ1) is 14.8. The maximum atomic E-state index is 14.0. The van der Waals surface area contributed by atoms with Gasteiger partial charge in [-0.05, 0) is 50.4 Å². The van der Waals surface area contributed by atoms with Crippen molar-refractivity contribution in [2.45, 2.75) is 19.4 Å². The highest BCUT2D eigenvalue weighted by atomic mass is 19.3. The van der Waals surface area contributed by atoms with Crippen LogP contribution in [0.15, 0.2) is 36.4 Å². The molecule has 1 aliphatic heterocycles. The van der Waals surface area contributed by atoms with Crippen molar-refractivity contribution in [1.82, 2.24) is 20.2 Å². The fourth-order valence-electron chi connectivity index (χ4n) is 3.84. The number of fused-ring (bicyclic) bond motifs is 1. The lowest BCUT2D eigenvalue weighted by Gasteiger charge is -2.36. The number of hydrogen-bond acceptors (Lipinski definition) is 4. The molecule has 0 aliphatic carbocycles. The molecule has 1 fully saturated rings. The molecule has 1 unspecified atom stereocenters. The second-order valence-corrected chi connectivity index (χ2v) is 7.84. The fraction of sp³-hybridized carbons (Fsp3) is 0.364. The highest BCUT2D eigenvalue weighted by Crippen LogP contribution is 2.29. The first kappa shape index (κ1) is 21.2. The van der Waals surface area contributed by atoms with E-state index in [4.69, 9.17) is 0 Å². The van der Waals surface area contributed by atoms with E-state index in [2.05, 4.69) is 32.1 Å². The Balaban J connectivity index is 1.55. The van der Waals surface area contributed by atoms with Crippen molar-refractivity contribution in [3.8, 4) is 0 Å². The number of rotatable bonds is 5. The Hall–Kier alpha value is -3.07. The average Bonchev–Trinajstić information content (AvgIpc) is 3.18. The van der Waals surface area contributed by atoms with Crippen LogP contribution in [0.5, 0.6) is 0 Å². The summed E-state index contributed by atoms with van der Waals surface area (Å²) in [7, 11) is 2.06. The van der Waals surface area contributed by atoms with Crippen LogP contribution in [0, 0.1) is 5.82 Å². The number of alkyl halides is 2. The molecule has 6 nitrogen and oxygen atoms in total. The van der Waals surface area contributed by atoms with E-state index in [1.165, 1.54) is 30.3 Å². The van der Waals surface area contributed by atoms with Gasteiger partial charge in [-0.25, -0.2) is 18.2 Å². The number of imidazole rings is 1. The van der Waals surface area contributed by atoms with Gasteiger partial charge in [0.1, 0.15) is 5.82 Å². The number of anilines is 1. The largest absolute Gasteiger partial charge is 0.369 e. The van der Waals surface area contributed by atoms with Gasteiger partial charge in [-0.3, -0.25) is 4.79 Å². The normalized spacial score (nSPS) is 16.1. The van der Waals surface area contributed by atoms with Gasteiger partial charge >= 0.3 is 0 Å². The number of aromatic amines is 1. The van der Waals surface area contributed by atoms with Crippen molar-refractivity contribution < 1.29 is 18.0 Å². The third-order valence-electron chi connectivity index (χ3n) is 5.62. The SMILES string of the molecule is CC(NC(=O)c1ccc2nc(C(F)F)[nH]c2c1)c1cc(F)ccc1N1CCN(C)CC1. The number of amides is 1. The lowest BCUT2D eigenvalue weighted by atomic mass is 10.0. The molecular weight excluding hydrogens is 407 g/mol. The minimum atomic E-state index is -2.72. The van der Waals surface area contributed by atoms with Crippen molar-refractivity contribution >= 4 is 22.6 Å². The van der Waals surface area contributed by atoms with Crippen LogP contribution < -0.4 is 10.2 Å². The molecule has 2 N–H and O–H groups in total. The van der Waals surface area contributed by atoms with Crippen LogP contribution in [-0.2, 0) is 0 Å². The van der Waals surface area contributed by atoms with Gasteiger partial charge in [0.25, 0.3) is 12.3 Å². The van der Waals surface area contributed by atoms with Gasteiger partial charge in [0.15, 0.2) is 5.82 Å². The summed E-state index contributed by atoms with van der Waals surface area (Å²) in [5.41, 5.74) is 2.62. The molecule has 9 heteroatoms. The minimum absolute atomic E-state index is 0.307. The molecule has 1 amide bonds. The van der Waals surface area contributed by atoms with Crippen molar-refractivity contribution in [2.75, 3.05) is 38.1 Å². The maximum Gasteiger partial charge on any atom is 0.295 e. The van der Waals surface area contributed by atoms with Crippen LogP contribution in [0.25, 0.3) is 11.0 Å². The molecule has 4 rings (SSSR count). The van der Waals surface area contributed by atoms with Gasteiger partial charge < -0.3 is 20.1 Å². The summed E-state index contributed by atoms with van der Waals surface area (Å²) in [6.07, 6.45) is -2.72. The fourth-order valence-corrected chi connectivity index (χ4v) is 3.84. The first-order valence-corrected chi connectivity index (χ1v) is 10.1. The monoisotopic (exact) mass is 431 g/mol. The molecule has 2 aromatic carbocycles. The Morgan fingerprint density at radius 2 is 1.87 bits per heavy atom. The van der Waals surface area contributed by atoms with Gasteiger partial charge in [0.05, 0.1) is 17.1 Å². The van der Waals surface area contributed by atoms with E-state index in [1.54, 1.807) is 13.0 Å². The van der Waals surface area contributed by atoms with E-state index in [9.17, 15) is 18.0 Å². The third kappa shape index (κ3) is 4.51. The molecule has 1 aromatic heterocycles. The molecule has 1 atom stereocenters. The standard InChI is InChI=1S/C22H24F3N5O/c1-13(16-12-15(23)4-6-19(16)30-9-7-29(2)8-10-30)26-22(31)14-3-5-17-18(11-14)28-21(27-17)20(24)25/h3-6,11-13,20H,7-10H2,1-2H3,(H,26,31)(H,27,28). The van der Waals surface area contributed by atoms with Gasteiger partial charge in [0, 0.05) is 43.0 Å². The molecule has 1 aliphatic rings. The number of nitrogens with one attached hydrogen (secondary N) is 2. The Kier molecular flexibility index (Phi) is 5.86. The first-order valence-electron chi connectivity index (χ1n) is 10.1.